The van der Waals surface area contributed by atoms with Gasteiger partial charge in [0, 0.05) is 19.6 Å². The van der Waals surface area contributed by atoms with Gasteiger partial charge in [0.2, 0.25) is 11.7 Å². The third-order valence-corrected chi connectivity index (χ3v) is 2.24. The Labute approximate surface area is 96.4 Å². The number of hydrogen-bond acceptors (Lipinski definition) is 5. The van der Waals surface area contributed by atoms with Crippen LogP contribution >= 0.6 is 0 Å². The molecule has 0 aliphatic rings. The highest BCUT2D eigenvalue weighted by molar-refractivity contribution is 4.97. The molecule has 0 amide bonds. The molecule has 0 aromatic carbocycles. The van der Waals surface area contributed by atoms with Gasteiger partial charge < -0.3 is 15.0 Å². The molecule has 5 heteroatoms. The molecule has 0 bridgehead atoms. The lowest BCUT2D eigenvalue weighted by Crippen LogP contribution is -2.21. The van der Waals surface area contributed by atoms with Crippen molar-refractivity contribution >= 4 is 0 Å². The van der Waals surface area contributed by atoms with Gasteiger partial charge in [0.1, 0.15) is 6.10 Å². The number of rotatable bonds is 4. The predicted octanol–water partition coefficient (Wildman–Crippen LogP) is 1.69. The second-order valence-electron chi connectivity index (χ2n) is 5.21. The summed E-state index contributed by atoms with van der Waals surface area (Å²) in [4.78, 5) is 4.31. The van der Waals surface area contributed by atoms with E-state index in [1.54, 1.807) is 7.11 Å². The van der Waals surface area contributed by atoms with Crippen LogP contribution in [0.25, 0.3) is 0 Å². The minimum Gasteiger partial charge on any atom is -0.373 e. The van der Waals surface area contributed by atoms with Crippen molar-refractivity contribution in [2.75, 3.05) is 7.11 Å². The Morgan fingerprint density at radius 1 is 1.44 bits per heavy atom. The fourth-order valence-electron chi connectivity index (χ4n) is 1.58. The zero-order valence-corrected chi connectivity index (χ0v) is 10.7. The molecule has 0 aliphatic heterocycles. The second kappa shape index (κ2) is 4.93. The van der Waals surface area contributed by atoms with Crippen LogP contribution in [-0.2, 0) is 11.2 Å². The zero-order chi connectivity index (χ0) is 12.3. The summed E-state index contributed by atoms with van der Waals surface area (Å²) in [6.07, 6.45) is 0.422. The third kappa shape index (κ3) is 3.28. The number of aromatic nitrogens is 2. The average Bonchev–Trinajstić information content (AvgIpc) is 2.50. The number of ether oxygens (including phenoxy) is 1. The van der Waals surface area contributed by atoms with Gasteiger partial charge in [0.25, 0.3) is 0 Å². The van der Waals surface area contributed by atoms with Crippen molar-refractivity contribution in [2.45, 2.75) is 46.3 Å². The van der Waals surface area contributed by atoms with Crippen LogP contribution in [0.3, 0.4) is 0 Å². The standard InChI is InChI=1S/C11H21N3O2/c1-7(12)6-8-13-10(14-16-8)9(15-5)11(2,3)4/h7,9H,6,12H2,1-5H3. The highest BCUT2D eigenvalue weighted by Gasteiger charge is 2.30. The maximum Gasteiger partial charge on any atom is 0.228 e. The summed E-state index contributed by atoms with van der Waals surface area (Å²) in [7, 11) is 1.65. The Bertz CT molecular complexity index is 328. The summed E-state index contributed by atoms with van der Waals surface area (Å²) in [6.45, 7) is 8.12. The molecule has 0 saturated heterocycles. The van der Waals surface area contributed by atoms with Crippen LogP contribution in [0.5, 0.6) is 0 Å². The van der Waals surface area contributed by atoms with Crippen LogP contribution in [0.2, 0.25) is 0 Å². The van der Waals surface area contributed by atoms with Gasteiger partial charge >= 0.3 is 0 Å². The maximum atomic E-state index is 5.67. The van der Waals surface area contributed by atoms with E-state index < -0.39 is 0 Å². The number of nitrogens with zero attached hydrogens (tertiary/aromatic N) is 2. The van der Waals surface area contributed by atoms with E-state index in [0.29, 0.717) is 18.1 Å². The normalized spacial score (nSPS) is 16.1. The molecule has 92 valence electrons. The van der Waals surface area contributed by atoms with Crippen molar-refractivity contribution in [3.8, 4) is 0 Å². The number of hydrogen-bond donors (Lipinski definition) is 1. The van der Waals surface area contributed by atoms with Crippen LogP contribution in [0.1, 0.15) is 45.5 Å². The largest absolute Gasteiger partial charge is 0.373 e. The Balaban J connectivity index is 2.83. The van der Waals surface area contributed by atoms with E-state index in [0.717, 1.165) is 0 Å². The lowest BCUT2D eigenvalue weighted by atomic mass is 9.88. The minimum atomic E-state index is -0.168. The monoisotopic (exact) mass is 227 g/mol. The lowest BCUT2D eigenvalue weighted by molar-refractivity contribution is 0.00718. The SMILES string of the molecule is COC(c1noc(CC(C)N)n1)C(C)(C)C. The van der Waals surface area contributed by atoms with E-state index in [4.69, 9.17) is 15.0 Å². The van der Waals surface area contributed by atoms with Crippen molar-refractivity contribution in [3.63, 3.8) is 0 Å². The van der Waals surface area contributed by atoms with Gasteiger partial charge in [0.05, 0.1) is 0 Å². The van der Waals surface area contributed by atoms with Gasteiger partial charge in [-0.25, -0.2) is 0 Å². The van der Waals surface area contributed by atoms with E-state index in [-0.39, 0.29) is 17.6 Å². The first-order valence-corrected chi connectivity index (χ1v) is 5.45. The van der Waals surface area contributed by atoms with Crippen LogP contribution in [0.15, 0.2) is 4.52 Å². The Morgan fingerprint density at radius 2 is 2.06 bits per heavy atom. The van der Waals surface area contributed by atoms with Crippen LogP contribution in [0, 0.1) is 5.41 Å². The summed E-state index contributed by atoms with van der Waals surface area (Å²) in [5.74, 6) is 1.15. The Hall–Kier alpha value is -0.940. The maximum absolute atomic E-state index is 5.67. The first-order chi connectivity index (χ1) is 7.34. The summed E-state index contributed by atoms with van der Waals surface area (Å²) in [6, 6.07) is 0.0175. The van der Waals surface area contributed by atoms with Crippen molar-refractivity contribution in [1.29, 1.82) is 0 Å². The van der Waals surface area contributed by atoms with Gasteiger partial charge in [0.15, 0.2) is 0 Å². The molecule has 0 radical (unpaired) electrons. The summed E-state index contributed by atoms with van der Waals surface area (Å²) in [5.41, 5.74) is 5.60. The molecular weight excluding hydrogens is 206 g/mol. The molecule has 0 spiro atoms. The highest BCUT2D eigenvalue weighted by Crippen LogP contribution is 2.33. The van der Waals surface area contributed by atoms with Crippen LogP contribution in [0.4, 0.5) is 0 Å². The van der Waals surface area contributed by atoms with Gasteiger partial charge in [-0.2, -0.15) is 4.98 Å². The quantitative estimate of drug-likeness (QED) is 0.847. The first kappa shape index (κ1) is 13.1. The molecule has 2 unspecified atom stereocenters. The van der Waals surface area contributed by atoms with E-state index in [1.165, 1.54) is 0 Å². The molecule has 5 nitrogen and oxygen atoms in total. The summed E-state index contributed by atoms with van der Waals surface area (Å²) < 4.78 is 10.5. The summed E-state index contributed by atoms with van der Waals surface area (Å²) in [5, 5.41) is 3.94. The molecule has 0 saturated carbocycles. The molecule has 1 heterocycles. The molecule has 0 aliphatic carbocycles. The number of nitrogens with two attached hydrogens (primary N) is 1. The topological polar surface area (TPSA) is 74.2 Å². The first-order valence-electron chi connectivity index (χ1n) is 5.45. The van der Waals surface area contributed by atoms with Gasteiger partial charge in [-0.3, -0.25) is 0 Å². The number of methoxy groups -OCH3 is 1. The average molecular weight is 227 g/mol. The van der Waals surface area contributed by atoms with Gasteiger partial charge in [-0.05, 0) is 12.3 Å². The predicted molar refractivity (Wildman–Crippen MR) is 60.9 cm³/mol. The highest BCUT2D eigenvalue weighted by atomic mass is 16.5. The van der Waals surface area contributed by atoms with E-state index in [2.05, 4.69) is 30.9 Å². The molecule has 0 fully saturated rings. The molecule has 1 rings (SSSR count). The second-order valence-corrected chi connectivity index (χ2v) is 5.21. The van der Waals surface area contributed by atoms with Crippen molar-refractivity contribution in [1.82, 2.24) is 10.1 Å². The lowest BCUT2D eigenvalue weighted by Gasteiger charge is -2.26. The molecular formula is C11H21N3O2. The van der Waals surface area contributed by atoms with E-state index >= 15 is 0 Å². The van der Waals surface area contributed by atoms with E-state index in [9.17, 15) is 0 Å². The third-order valence-electron chi connectivity index (χ3n) is 2.24. The van der Waals surface area contributed by atoms with E-state index in [1.807, 2.05) is 6.92 Å². The fraction of sp³-hybridized carbons (Fsp3) is 0.818. The minimum absolute atomic E-state index is 0.0175. The van der Waals surface area contributed by atoms with Crippen LogP contribution < -0.4 is 5.73 Å². The zero-order valence-electron chi connectivity index (χ0n) is 10.7. The fourth-order valence-corrected chi connectivity index (χ4v) is 1.58. The van der Waals surface area contributed by atoms with Crippen molar-refractivity contribution < 1.29 is 9.26 Å². The molecule has 1 aromatic rings. The van der Waals surface area contributed by atoms with Crippen molar-refractivity contribution in [2.24, 2.45) is 11.1 Å². The molecule has 1 aromatic heterocycles. The Kier molecular flexibility index (Phi) is 4.04. The Morgan fingerprint density at radius 3 is 2.50 bits per heavy atom. The van der Waals surface area contributed by atoms with Gasteiger partial charge in [-0.1, -0.05) is 25.9 Å². The molecule has 2 N–H and O–H groups in total. The molecule has 16 heavy (non-hydrogen) atoms. The summed E-state index contributed by atoms with van der Waals surface area (Å²) >= 11 is 0. The molecule has 2 atom stereocenters. The van der Waals surface area contributed by atoms with Crippen LogP contribution in [-0.4, -0.2) is 23.3 Å². The van der Waals surface area contributed by atoms with Gasteiger partial charge in [-0.15, -0.1) is 0 Å². The smallest absolute Gasteiger partial charge is 0.228 e. The van der Waals surface area contributed by atoms with Crippen molar-refractivity contribution in [3.05, 3.63) is 11.7 Å².